The first-order valence-corrected chi connectivity index (χ1v) is 26.5. The molecule has 0 saturated heterocycles. The number of fused-ring (bicyclic) bond motifs is 8. The third-order valence-electron chi connectivity index (χ3n) is 10.9. The number of carbonyl (C=O) groups is 2. The van der Waals surface area contributed by atoms with Crippen molar-refractivity contribution in [3.63, 3.8) is 0 Å². The third kappa shape index (κ3) is 8.45. The molecule has 4 aromatic carbocycles. The monoisotopic (exact) mass is 1380 g/mol. The van der Waals surface area contributed by atoms with Crippen LogP contribution in [0.1, 0.15) is 57.3 Å². The van der Waals surface area contributed by atoms with E-state index in [2.05, 4.69) is 137 Å². The van der Waals surface area contributed by atoms with Gasteiger partial charge in [-0.1, -0.05) is 84.9 Å². The molecule has 0 amide bonds. The Morgan fingerprint density at radius 1 is 0.409 bits per heavy atom. The van der Waals surface area contributed by atoms with Crippen LogP contribution in [-0.2, 0) is 9.47 Å². The number of hydrogen-bond donors (Lipinski definition) is 2. The molecule has 0 fully saturated rings. The lowest BCUT2D eigenvalue weighted by Crippen LogP contribution is -2.04. The summed E-state index contributed by atoms with van der Waals surface area (Å²) in [7, 11) is 0. The largest absolute Gasteiger partial charge is 0.462 e. The van der Waals surface area contributed by atoms with Crippen molar-refractivity contribution >= 4 is 179 Å². The summed E-state index contributed by atoms with van der Waals surface area (Å²) in [5.74, 6) is -0.816. The second kappa shape index (κ2) is 19.7. The summed E-state index contributed by atoms with van der Waals surface area (Å²) >= 11 is 32.0. The number of carbonyl (C=O) groups excluding carboxylic acids is 2. The van der Waals surface area contributed by atoms with E-state index in [4.69, 9.17) is 19.4 Å². The summed E-state index contributed by atoms with van der Waals surface area (Å²) in [6, 6.07) is 34.8. The van der Waals surface area contributed by atoms with Gasteiger partial charge in [0, 0.05) is 22.3 Å². The third-order valence-corrected chi connectivity index (χ3v) is 19.3. The molecular weight excluding hydrogens is 1360 g/mol. The molecule has 8 nitrogen and oxygen atoms in total. The van der Waals surface area contributed by atoms with Gasteiger partial charge in [0.15, 0.2) is 0 Å². The molecule has 0 aliphatic carbocycles. The first-order chi connectivity index (χ1) is 31.8. The van der Waals surface area contributed by atoms with Gasteiger partial charge >= 0.3 is 11.9 Å². The highest BCUT2D eigenvalue weighted by atomic mass is 79.9. The van der Waals surface area contributed by atoms with Gasteiger partial charge in [0.1, 0.15) is 0 Å². The van der Waals surface area contributed by atoms with Gasteiger partial charge in [-0.15, -0.1) is 0 Å². The van der Waals surface area contributed by atoms with Crippen molar-refractivity contribution < 1.29 is 19.1 Å². The van der Waals surface area contributed by atoms with E-state index in [-0.39, 0.29) is 13.2 Å². The molecule has 2 N–H and O–H groups in total. The number of nitrogens with zero attached hydrogens (tertiary/aromatic N) is 2. The van der Waals surface area contributed by atoms with Crippen LogP contribution < -0.4 is 0 Å². The summed E-state index contributed by atoms with van der Waals surface area (Å²) in [5, 5.41) is 0. The van der Waals surface area contributed by atoms with Gasteiger partial charge < -0.3 is 19.4 Å². The maximum absolute atomic E-state index is 12.9. The van der Waals surface area contributed by atoms with Crippen molar-refractivity contribution in [1.29, 1.82) is 0 Å². The lowest BCUT2D eigenvalue weighted by atomic mass is 10.0. The van der Waals surface area contributed by atoms with E-state index in [9.17, 15) is 9.59 Å². The van der Waals surface area contributed by atoms with Crippen LogP contribution in [0.3, 0.4) is 0 Å². The number of esters is 2. The van der Waals surface area contributed by atoms with Crippen molar-refractivity contribution in [2.45, 2.75) is 13.8 Å². The average molecular weight is 1390 g/mol. The molecule has 8 bridgehead atoms. The van der Waals surface area contributed by atoms with Gasteiger partial charge in [0.2, 0.25) is 0 Å². The van der Waals surface area contributed by atoms with E-state index in [1.807, 2.05) is 84.9 Å². The maximum Gasteiger partial charge on any atom is 0.338 e. The zero-order valence-corrected chi connectivity index (χ0v) is 47.0. The molecule has 7 aromatic rings. The molecule has 0 atom stereocenters. The van der Waals surface area contributed by atoms with Gasteiger partial charge in [-0.2, -0.15) is 0 Å². The van der Waals surface area contributed by atoms with E-state index in [0.717, 1.165) is 73.4 Å². The Bertz CT molecular complexity index is 3160. The minimum Gasteiger partial charge on any atom is -0.462 e. The molecule has 16 heteroatoms. The van der Waals surface area contributed by atoms with Crippen molar-refractivity contribution in [2.24, 2.45) is 0 Å². The predicted octanol–water partition coefficient (Wildman–Crippen LogP) is 17.6. The zero-order valence-electron chi connectivity index (χ0n) is 34.4. The molecule has 0 saturated carbocycles. The number of benzene rings is 4. The molecule has 0 radical (unpaired) electrons. The minimum atomic E-state index is -0.408. The molecule has 5 heterocycles. The van der Waals surface area contributed by atoms with Crippen LogP contribution in [0, 0.1) is 0 Å². The van der Waals surface area contributed by atoms with Crippen LogP contribution in [-0.4, -0.2) is 45.1 Å². The van der Waals surface area contributed by atoms with Gasteiger partial charge in [-0.25, -0.2) is 19.6 Å². The van der Waals surface area contributed by atoms with E-state index < -0.39 is 11.9 Å². The van der Waals surface area contributed by atoms with Gasteiger partial charge in [0.05, 0.1) is 105 Å². The summed E-state index contributed by atoms with van der Waals surface area (Å²) in [4.78, 5) is 44.5. The molecule has 330 valence electrons. The summed E-state index contributed by atoms with van der Waals surface area (Å²) in [6.45, 7) is 4.09. The van der Waals surface area contributed by atoms with E-state index in [1.165, 1.54) is 0 Å². The molecule has 66 heavy (non-hydrogen) atoms. The predicted molar refractivity (Wildman–Crippen MR) is 295 cm³/mol. The summed E-state index contributed by atoms with van der Waals surface area (Å²) in [6.07, 6.45) is 0. The fourth-order valence-electron chi connectivity index (χ4n) is 7.88. The number of rotatable bonds is 8. The van der Waals surface area contributed by atoms with Crippen molar-refractivity contribution in [1.82, 2.24) is 19.9 Å². The first-order valence-electron chi connectivity index (χ1n) is 20.2. The van der Waals surface area contributed by atoms with Crippen LogP contribution in [0.15, 0.2) is 127 Å². The topological polar surface area (TPSA) is 110 Å². The van der Waals surface area contributed by atoms with Gasteiger partial charge in [0.25, 0.3) is 0 Å². The van der Waals surface area contributed by atoms with Crippen molar-refractivity contribution in [3.8, 4) is 44.5 Å². The molecule has 0 spiro atoms. The second-order valence-electron chi connectivity index (χ2n) is 14.7. The van der Waals surface area contributed by atoms with Crippen LogP contribution in [0.25, 0.3) is 84.5 Å². The SMILES string of the molecule is CCOC(=O)c1ccc(-c2c3nc(c(-c4ccccc4)c4[nH]c(c(Br)c4Br)c(-c4ccc(C(=O)OCC)cc4)c4nc(c(-c5ccccc5)c5[nH]c2c(Br)c5Br)C(Br)=C4Br)C(Br)=C3Br)cc1. The fraction of sp³-hybridized carbons (Fsp3) is 0.0800. The Hall–Kier alpha value is -3.74. The van der Waals surface area contributed by atoms with E-state index in [1.54, 1.807) is 38.1 Å². The normalized spacial score (nSPS) is 12.5. The highest BCUT2D eigenvalue weighted by Crippen LogP contribution is 2.53. The Morgan fingerprint density at radius 2 is 0.667 bits per heavy atom. The molecule has 3 aromatic heterocycles. The number of aromatic nitrogens is 4. The Kier molecular flexibility index (Phi) is 14.1. The summed E-state index contributed by atoms with van der Waals surface area (Å²) < 4.78 is 16.5. The second-order valence-corrected chi connectivity index (χ2v) is 21.1. The van der Waals surface area contributed by atoms with Gasteiger partial charge in [-0.3, -0.25) is 0 Å². The molecule has 2 aliphatic rings. The minimum absolute atomic E-state index is 0.261. The molecule has 2 aliphatic heterocycles. The Balaban J connectivity index is 1.54. The number of H-pyrrole nitrogens is 2. The van der Waals surface area contributed by atoms with E-state index >= 15 is 0 Å². The van der Waals surface area contributed by atoms with Crippen LogP contribution >= 0.6 is 127 Å². The number of ether oxygens (including phenoxy) is 2. The standard InChI is InChI=1S/C50H30Br8N4O4/c1-3-65-49(63)27-19-15-25(16-20-27)31-45-37(55)33(51)41(59-45)29(23-11-7-5-8-12-23)43-35(53)39(57)47(61-43)32(26-17-21-28(22-18-26)50(64)66-4-2)48-40(58)36(54)44(62-48)30(24-13-9-6-10-14-24)42-34(52)38(56)46(31)60-42/h5-22,59,62H,3-4H2,1-2H3. The Morgan fingerprint density at radius 3 is 0.924 bits per heavy atom. The summed E-state index contributed by atoms with van der Waals surface area (Å²) in [5.41, 5.74) is 12.7. The number of hydrogen-bond acceptors (Lipinski definition) is 6. The maximum atomic E-state index is 12.9. The van der Waals surface area contributed by atoms with Gasteiger partial charge in [-0.05, 0) is 188 Å². The van der Waals surface area contributed by atoms with E-state index in [0.29, 0.717) is 62.9 Å². The lowest BCUT2D eigenvalue weighted by Gasteiger charge is -2.09. The van der Waals surface area contributed by atoms with Crippen molar-refractivity contribution in [3.05, 3.63) is 161 Å². The highest BCUT2D eigenvalue weighted by Gasteiger charge is 2.31. The van der Waals surface area contributed by atoms with Crippen LogP contribution in [0.2, 0.25) is 0 Å². The number of halogens is 8. The van der Waals surface area contributed by atoms with Crippen LogP contribution in [0.5, 0.6) is 0 Å². The fourth-order valence-corrected chi connectivity index (χ4v) is 11.8. The number of nitrogens with one attached hydrogen (secondary N) is 2. The van der Waals surface area contributed by atoms with Crippen molar-refractivity contribution in [2.75, 3.05) is 13.2 Å². The highest BCUT2D eigenvalue weighted by molar-refractivity contribution is 9.18. The smallest absolute Gasteiger partial charge is 0.338 e. The average Bonchev–Trinajstić information content (AvgIpc) is 3.99. The molecule has 9 rings (SSSR count). The Labute approximate surface area is 446 Å². The first kappa shape index (κ1) is 47.3. The molecule has 0 unspecified atom stereocenters. The lowest BCUT2D eigenvalue weighted by molar-refractivity contribution is 0.0517. The van der Waals surface area contributed by atoms with Crippen LogP contribution in [0.4, 0.5) is 0 Å². The molecular formula is C50H30Br8N4O4. The zero-order chi connectivity index (χ0) is 46.6. The quantitative estimate of drug-likeness (QED) is 0.147. The number of aromatic amines is 2.